The molecule has 0 unspecified atom stereocenters. The zero-order chi connectivity index (χ0) is 11.0. The van der Waals surface area contributed by atoms with Crippen molar-refractivity contribution in [2.45, 2.75) is 6.92 Å². The highest BCUT2D eigenvalue weighted by atomic mass is 16.4. The number of hydrogen-bond donors (Lipinski definition) is 2. The van der Waals surface area contributed by atoms with Gasteiger partial charge in [-0.05, 0) is 19.1 Å². The van der Waals surface area contributed by atoms with E-state index >= 15 is 0 Å². The number of nitrogens with zero attached hydrogens (tertiary/aromatic N) is 1. The first-order valence-corrected chi connectivity index (χ1v) is 3.86. The molecular weight excluding hydrogens is 186 g/mol. The highest BCUT2D eigenvalue weighted by Crippen LogP contribution is 1.91. The van der Waals surface area contributed by atoms with Crippen LogP contribution in [0.5, 0.6) is 0 Å². The minimum absolute atomic E-state index is 1.12. The van der Waals surface area contributed by atoms with Crippen LogP contribution >= 0.6 is 0 Å². The van der Waals surface area contributed by atoms with Crippen molar-refractivity contribution < 1.29 is 19.8 Å². The Balaban J connectivity index is 0.000000249. The molecule has 0 radical (unpaired) electrons. The summed E-state index contributed by atoms with van der Waals surface area (Å²) >= 11 is 0. The van der Waals surface area contributed by atoms with E-state index in [-0.39, 0.29) is 0 Å². The molecule has 0 aliphatic heterocycles. The number of hydrogen-bond acceptors (Lipinski definition) is 3. The van der Waals surface area contributed by atoms with E-state index in [4.69, 9.17) is 10.2 Å². The Labute approximate surface area is 81.0 Å². The molecule has 0 bridgehead atoms. The van der Waals surface area contributed by atoms with Crippen LogP contribution < -0.4 is 0 Å². The average molecular weight is 197 g/mol. The van der Waals surface area contributed by atoms with Crippen molar-refractivity contribution in [3.63, 3.8) is 0 Å². The predicted octanol–water partition coefficient (Wildman–Crippen LogP) is 0.873. The van der Waals surface area contributed by atoms with Crippen molar-refractivity contribution in [2.24, 2.45) is 5.92 Å². The third-order valence-corrected chi connectivity index (χ3v) is 1.31. The molecule has 0 amide bonds. The van der Waals surface area contributed by atoms with Crippen molar-refractivity contribution in [3.8, 4) is 0 Å². The van der Waals surface area contributed by atoms with Gasteiger partial charge in [0.2, 0.25) is 0 Å². The first-order chi connectivity index (χ1) is 6.55. The summed E-state index contributed by atoms with van der Waals surface area (Å²) in [5.74, 6) is -3.91. The van der Waals surface area contributed by atoms with E-state index in [1.54, 1.807) is 12.4 Å². The van der Waals surface area contributed by atoms with E-state index in [9.17, 15) is 9.59 Å². The van der Waals surface area contributed by atoms with Crippen molar-refractivity contribution in [1.82, 2.24) is 4.98 Å². The van der Waals surface area contributed by atoms with E-state index in [0.29, 0.717) is 0 Å². The second-order valence-electron chi connectivity index (χ2n) is 2.42. The van der Waals surface area contributed by atoms with Gasteiger partial charge in [0.15, 0.2) is 5.92 Å². The van der Waals surface area contributed by atoms with Crippen LogP contribution in [-0.4, -0.2) is 27.1 Å². The van der Waals surface area contributed by atoms with Crippen LogP contribution in [0.4, 0.5) is 0 Å². The Morgan fingerprint density at radius 2 is 1.50 bits per heavy atom. The fourth-order valence-electron chi connectivity index (χ4n) is 0.418. The van der Waals surface area contributed by atoms with Gasteiger partial charge in [-0.1, -0.05) is 6.07 Å². The molecule has 0 spiro atoms. The van der Waals surface area contributed by atoms with Gasteiger partial charge >= 0.3 is 11.9 Å². The molecule has 14 heavy (non-hydrogen) atoms. The van der Waals surface area contributed by atoms with Crippen LogP contribution in [0.25, 0.3) is 0 Å². The van der Waals surface area contributed by atoms with Gasteiger partial charge in [-0.3, -0.25) is 14.6 Å². The first-order valence-electron chi connectivity index (χ1n) is 3.86. The number of carbonyl (C=O) groups is 2. The van der Waals surface area contributed by atoms with E-state index in [0.717, 1.165) is 6.92 Å². The van der Waals surface area contributed by atoms with Crippen LogP contribution in [0.15, 0.2) is 30.6 Å². The lowest BCUT2D eigenvalue weighted by Gasteiger charge is -1.94. The lowest BCUT2D eigenvalue weighted by molar-refractivity contribution is -0.153. The Morgan fingerprint density at radius 3 is 1.57 bits per heavy atom. The summed E-state index contributed by atoms with van der Waals surface area (Å²) < 4.78 is 0. The summed E-state index contributed by atoms with van der Waals surface area (Å²) in [6, 6.07) is 5.72. The molecule has 2 N–H and O–H groups in total. The van der Waals surface area contributed by atoms with Gasteiger partial charge in [0, 0.05) is 12.4 Å². The van der Waals surface area contributed by atoms with Crippen LogP contribution in [0.2, 0.25) is 0 Å². The average Bonchev–Trinajstić information content (AvgIpc) is 2.20. The topological polar surface area (TPSA) is 87.5 Å². The van der Waals surface area contributed by atoms with Gasteiger partial charge in [0.05, 0.1) is 0 Å². The van der Waals surface area contributed by atoms with Crippen LogP contribution in [-0.2, 0) is 9.59 Å². The first kappa shape index (κ1) is 12.1. The van der Waals surface area contributed by atoms with Crippen molar-refractivity contribution >= 4 is 11.9 Å². The Kier molecular flexibility index (Phi) is 5.69. The summed E-state index contributed by atoms with van der Waals surface area (Å²) in [7, 11) is 0. The predicted molar refractivity (Wildman–Crippen MR) is 48.7 cm³/mol. The number of carboxylic acid groups (broad SMARTS) is 2. The second-order valence-corrected chi connectivity index (χ2v) is 2.42. The standard InChI is InChI=1S/C5H5N.C4H6O4/c1-2-4-6-5-3-1;1-2(3(5)6)4(7)8/h1-5H;2H,1H3,(H,5,6)(H,7,8). The smallest absolute Gasteiger partial charge is 0.317 e. The molecule has 0 saturated heterocycles. The second kappa shape index (κ2) is 6.59. The van der Waals surface area contributed by atoms with Gasteiger partial charge in [0.1, 0.15) is 0 Å². The van der Waals surface area contributed by atoms with E-state index in [1.807, 2.05) is 18.2 Å². The number of aromatic nitrogens is 1. The third-order valence-electron chi connectivity index (χ3n) is 1.31. The number of rotatable bonds is 2. The van der Waals surface area contributed by atoms with Gasteiger partial charge < -0.3 is 10.2 Å². The summed E-state index contributed by atoms with van der Waals surface area (Å²) in [5, 5.41) is 15.9. The molecular formula is C9H11NO4. The molecule has 0 aliphatic rings. The molecule has 1 heterocycles. The minimum Gasteiger partial charge on any atom is -0.481 e. The molecule has 0 fully saturated rings. The van der Waals surface area contributed by atoms with Crippen molar-refractivity contribution in [2.75, 3.05) is 0 Å². The SMILES string of the molecule is CC(C(=O)O)C(=O)O.c1ccncc1. The molecule has 0 saturated carbocycles. The van der Waals surface area contributed by atoms with Crippen LogP contribution in [0, 0.1) is 5.92 Å². The van der Waals surface area contributed by atoms with E-state index in [2.05, 4.69) is 4.98 Å². The highest BCUT2D eigenvalue weighted by molar-refractivity contribution is 5.92. The molecule has 1 aromatic heterocycles. The zero-order valence-corrected chi connectivity index (χ0v) is 7.62. The van der Waals surface area contributed by atoms with Gasteiger partial charge in [0.25, 0.3) is 0 Å². The molecule has 1 aromatic rings. The maximum absolute atomic E-state index is 9.76. The van der Waals surface area contributed by atoms with Crippen molar-refractivity contribution in [3.05, 3.63) is 30.6 Å². The monoisotopic (exact) mass is 197 g/mol. The van der Waals surface area contributed by atoms with E-state index in [1.165, 1.54) is 0 Å². The Bertz CT molecular complexity index is 245. The summed E-state index contributed by atoms with van der Waals surface area (Å²) in [5.41, 5.74) is 0. The lowest BCUT2D eigenvalue weighted by Crippen LogP contribution is -2.19. The molecule has 0 aliphatic carbocycles. The van der Waals surface area contributed by atoms with E-state index < -0.39 is 17.9 Å². The summed E-state index contributed by atoms with van der Waals surface area (Å²) in [6.45, 7) is 1.12. The number of aliphatic carboxylic acids is 2. The van der Waals surface area contributed by atoms with Gasteiger partial charge in [-0.15, -0.1) is 0 Å². The fraction of sp³-hybridized carbons (Fsp3) is 0.222. The maximum Gasteiger partial charge on any atom is 0.317 e. The third kappa shape index (κ3) is 5.70. The molecule has 0 aromatic carbocycles. The van der Waals surface area contributed by atoms with Gasteiger partial charge in [-0.25, -0.2) is 0 Å². The molecule has 76 valence electrons. The molecule has 0 atom stereocenters. The highest BCUT2D eigenvalue weighted by Gasteiger charge is 2.18. The number of pyridine rings is 1. The molecule has 5 nitrogen and oxygen atoms in total. The fourth-order valence-corrected chi connectivity index (χ4v) is 0.418. The largest absolute Gasteiger partial charge is 0.481 e. The summed E-state index contributed by atoms with van der Waals surface area (Å²) in [4.78, 5) is 23.3. The molecule has 1 rings (SSSR count). The van der Waals surface area contributed by atoms with Crippen molar-refractivity contribution in [1.29, 1.82) is 0 Å². The minimum atomic E-state index is -1.31. The normalized spacial score (nSPS) is 8.71. The zero-order valence-electron chi connectivity index (χ0n) is 7.62. The van der Waals surface area contributed by atoms with Gasteiger partial charge in [-0.2, -0.15) is 0 Å². The van der Waals surface area contributed by atoms with Crippen LogP contribution in [0.1, 0.15) is 6.92 Å². The van der Waals surface area contributed by atoms with Crippen LogP contribution in [0.3, 0.4) is 0 Å². The lowest BCUT2D eigenvalue weighted by atomic mass is 10.2. The quantitative estimate of drug-likeness (QED) is 0.687. The summed E-state index contributed by atoms with van der Waals surface area (Å²) in [6.07, 6.45) is 3.50. The maximum atomic E-state index is 9.76. The Morgan fingerprint density at radius 1 is 1.07 bits per heavy atom. The Hall–Kier alpha value is -1.91. The number of carboxylic acids is 2. The molecule has 5 heteroatoms.